The Morgan fingerprint density at radius 3 is 2.94 bits per heavy atom. The van der Waals surface area contributed by atoms with Crippen molar-refractivity contribution in [1.82, 2.24) is 0 Å². The van der Waals surface area contributed by atoms with Gasteiger partial charge in [-0.15, -0.1) is 0 Å². The Hall–Kier alpha value is -1.57. The lowest BCUT2D eigenvalue weighted by atomic mass is 10.0. The van der Waals surface area contributed by atoms with Crippen molar-refractivity contribution in [3.05, 3.63) is 35.4 Å². The summed E-state index contributed by atoms with van der Waals surface area (Å²) in [6.45, 7) is 3.76. The zero-order valence-corrected chi connectivity index (χ0v) is 10.1. The van der Waals surface area contributed by atoms with Crippen molar-refractivity contribution in [1.29, 1.82) is 0 Å². The second-order valence-electron chi connectivity index (χ2n) is 4.94. The van der Waals surface area contributed by atoms with Crippen LogP contribution in [0.2, 0.25) is 0 Å². The average molecular weight is 227 g/mol. The minimum absolute atomic E-state index is 0.781. The Labute approximate surface area is 102 Å². The molecular formula is C15H17NO. The smallest absolute Gasteiger partial charge is 0.126 e. The molecule has 1 aromatic rings. The molecule has 2 nitrogen and oxygen atoms in total. The number of aliphatic imine (C=N–C) groups is 1. The van der Waals surface area contributed by atoms with Gasteiger partial charge in [-0.25, -0.2) is 0 Å². The highest BCUT2D eigenvalue weighted by atomic mass is 16.5. The Balaban J connectivity index is 1.84. The molecular weight excluding hydrogens is 210 g/mol. The van der Waals surface area contributed by atoms with E-state index in [0.29, 0.717) is 0 Å². The van der Waals surface area contributed by atoms with Crippen LogP contribution in [0.25, 0.3) is 5.57 Å². The minimum atomic E-state index is 0.781. The van der Waals surface area contributed by atoms with E-state index in [4.69, 9.17) is 4.74 Å². The molecule has 0 aromatic heterocycles. The Bertz CT molecular complexity index is 484. The van der Waals surface area contributed by atoms with Crippen molar-refractivity contribution < 1.29 is 4.74 Å². The number of hydrogen-bond donors (Lipinski definition) is 0. The predicted molar refractivity (Wildman–Crippen MR) is 70.7 cm³/mol. The van der Waals surface area contributed by atoms with E-state index in [9.17, 15) is 0 Å². The Morgan fingerprint density at radius 2 is 2.24 bits per heavy atom. The number of rotatable bonds is 4. The van der Waals surface area contributed by atoms with Crippen LogP contribution in [0, 0.1) is 12.8 Å². The number of aryl methyl sites for hydroxylation is 1. The summed E-state index contributed by atoms with van der Waals surface area (Å²) >= 11 is 0. The fourth-order valence-corrected chi connectivity index (χ4v) is 2.03. The van der Waals surface area contributed by atoms with Crippen LogP contribution in [-0.2, 0) is 0 Å². The zero-order valence-electron chi connectivity index (χ0n) is 10.1. The topological polar surface area (TPSA) is 21.6 Å². The second kappa shape index (κ2) is 4.36. The summed E-state index contributed by atoms with van der Waals surface area (Å²) in [5.41, 5.74) is 3.74. The SMILES string of the molecule is Cc1ccc(OCC2CC2)c(C2=CC=NC2)c1. The maximum atomic E-state index is 5.93. The van der Waals surface area contributed by atoms with E-state index in [2.05, 4.69) is 36.2 Å². The summed E-state index contributed by atoms with van der Waals surface area (Å²) in [6.07, 6.45) is 6.61. The van der Waals surface area contributed by atoms with Crippen LogP contribution in [0.5, 0.6) is 5.75 Å². The van der Waals surface area contributed by atoms with Gasteiger partial charge in [0.1, 0.15) is 5.75 Å². The van der Waals surface area contributed by atoms with Crippen molar-refractivity contribution in [3.8, 4) is 5.75 Å². The number of allylic oxidation sites excluding steroid dienone is 1. The van der Waals surface area contributed by atoms with Gasteiger partial charge in [0.15, 0.2) is 0 Å². The van der Waals surface area contributed by atoms with Gasteiger partial charge >= 0.3 is 0 Å². The number of nitrogens with zero attached hydrogens (tertiary/aromatic N) is 1. The molecule has 2 aliphatic rings. The molecule has 2 heteroatoms. The maximum Gasteiger partial charge on any atom is 0.126 e. The second-order valence-corrected chi connectivity index (χ2v) is 4.94. The van der Waals surface area contributed by atoms with Crippen molar-refractivity contribution in [2.75, 3.05) is 13.2 Å². The molecule has 0 N–H and O–H groups in total. The van der Waals surface area contributed by atoms with Gasteiger partial charge in [-0.3, -0.25) is 4.99 Å². The third kappa shape index (κ3) is 2.41. The van der Waals surface area contributed by atoms with E-state index in [1.807, 2.05) is 6.21 Å². The first-order chi connectivity index (χ1) is 8.33. The Morgan fingerprint density at radius 1 is 1.35 bits per heavy atom. The largest absolute Gasteiger partial charge is 0.493 e. The predicted octanol–water partition coefficient (Wildman–Crippen LogP) is 3.25. The fourth-order valence-electron chi connectivity index (χ4n) is 2.03. The van der Waals surface area contributed by atoms with Gasteiger partial charge in [-0.1, -0.05) is 11.6 Å². The van der Waals surface area contributed by atoms with Gasteiger partial charge < -0.3 is 4.74 Å². The van der Waals surface area contributed by atoms with Crippen LogP contribution in [0.1, 0.15) is 24.0 Å². The van der Waals surface area contributed by atoms with Gasteiger partial charge in [0.2, 0.25) is 0 Å². The molecule has 0 amide bonds. The molecule has 0 unspecified atom stereocenters. The summed E-state index contributed by atoms with van der Waals surface area (Å²) in [7, 11) is 0. The molecule has 1 aliphatic heterocycles. The van der Waals surface area contributed by atoms with Crippen LogP contribution >= 0.6 is 0 Å². The molecule has 88 valence electrons. The highest BCUT2D eigenvalue weighted by molar-refractivity contribution is 5.91. The summed E-state index contributed by atoms with van der Waals surface area (Å²) < 4.78 is 5.93. The van der Waals surface area contributed by atoms with Crippen molar-refractivity contribution in [2.45, 2.75) is 19.8 Å². The third-order valence-electron chi connectivity index (χ3n) is 3.30. The van der Waals surface area contributed by atoms with Gasteiger partial charge in [0, 0.05) is 11.8 Å². The molecule has 1 aromatic carbocycles. The lowest BCUT2D eigenvalue weighted by Gasteiger charge is -2.12. The van der Waals surface area contributed by atoms with E-state index in [1.165, 1.54) is 29.5 Å². The molecule has 0 radical (unpaired) electrons. The standard InChI is InChI=1S/C15H17NO/c1-11-2-5-15(17-10-12-3-4-12)14(8-11)13-6-7-16-9-13/h2,5-8,12H,3-4,9-10H2,1H3. The monoisotopic (exact) mass is 227 g/mol. The van der Waals surface area contributed by atoms with E-state index in [0.717, 1.165) is 24.8 Å². The number of ether oxygens (including phenoxy) is 1. The highest BCUT2D eigenvalue weighted by Gasteiger charge is 2.22. The fraction of sp³-hybridized carbons (Fsp3) is 0.400. The van der Waals surface area contributed by atoms with Gasteiger partial charge in [-0.2, -0.15) is 0 Å². The molecule has 0 saturated heterocycles. The summed E-state index contributed by atoms with van der Waals surface area (Å²) in [5, 5.41) is 0. The van der Waals surface area contributed by atoms with Crippen LogP contribution in [0.15, 0.2) is 29.3 Å². The first kappa shape index (κ1) is 10.6. The first-order valence-electron chi connectivity index (χ1n) is 6.26. The Kier molecular flexibility index (Phi) is 2.71. The highest BCUT2D eigenvalue weighted by Crippen LogP contribution is 2.33. The van der Waals surface area contributed by atoms with Crippen LogP contribution in [-0.4, -0.2) is 19.4 Å². The third-order valence-corrected chi connectivity index (χ3v) is 3.30. The molecule has 1 saturated carbocycles. The van der Waals surface area contributed by atoms with E-state index >= 15 is 0 Å². The molecule has 3 rings (SSSR count). The number of benzene rings is 1. The molecule has 0 bridgehead atoms. The average Bonchev–Trinajstić information content (AvgIpc) is 3.00. The van der Waals surface area contributed by atoms with Crippen LogP contribution in [0.4, 0.5) is 0 Å². The van der Waals surface area contributed by atoms with E-state index < -0.39 is 0 Å². The molecule has 1 aliphatic carbocycles. The number of hydrogen-bond acceptors (Lipinski definition) is 2. The summed E-state index contributed by atoms with van der Waals surface area (Å²) in [4.78, 5) is 4.25. The lowest BCUT2D eigenvalue weighted by Crippen LogP contribution is -2.02. The lowest BCUT2D eigenvalue weighted by molar-refractivity contribution is 0.299. The molecule has 17 heavy (non-hydrogen) atoms. The van der Waals surface area contributed by atoms with Crippen molar-refractivity contribution in [2.24, 2.45) is 10.9 Å². The molecule has 0 spiro atoms. The first-order valence-corrected chi connectivity index (χ1v) is 6.26. The molecule has 1 heterocycles. The van der Waals surface area contributed by atoms with Gasteiger partial charge in [0.25, 0.3) is 0 Å². The van der Waals surface area contributed by atoms with E-state index in [-0.39, 0.29) is 0 Å². The maximum absolute atomic E-state index is 5.93. The minimum Gasteiger partial charge on any atom is -0.493 e. The van der Waals surface area contributed by atoms with Crippen LogP contribution < -0.4 is 4.74 Å². The normalized spacial score (nSPS) is 18.3. The molecule has 1 fully saturated rings. The zero-order chi connectivity index (χ0) is 11.7. The van der Waals surface area contributed by atoms with Crippen molar-refractivity contribution in [3.63, 3.8) is 0 Å². The molecule has 0 atom stereocenters. The van der Waals surface area contributed by atoms with E-state index in [1.54, 1.807) is 0 Å². The van der Waals surface area contributed by atoms with Crippen molar-refractivity contribution >= 4 is 11.8 Å². The summed E-state index contributed by atoms with van der Waals surface area (Å²) in [5.74, 6) is 1.80. The van der Waals surface area contributed by atoms with Gasteiger partial charge in [-0.05, 0) is 49.5 Å². The quantitative estimate of drug-likeness (QED) is 0.773. The van der Waals surface area contributed by atoms with Crippen LogP contribution in [0.3, 0.4) is 0 Å². The van der Waals surface area contributed by atoms with Gasteiger partial charge in [0.05, 0.1) is 13.2 Å². The summed E-state index contributed by atoms with van der Waals surface area (Å²) in [6, 6.07) is 6.40.